The Balaban J connectivity index is 1.61. The zero-order valence-corrected chi connectivity index (χ0v) is 17.1. The standard InChI is InChI=1S/C20H24N6O2S/c1-24-9-11-25(12-10-24)29(27,28)18-6-4-16(5-7-18)19-14-23-20(21)15-26(19)17-3-2-8-22-13-17/h2-8,13-14H,9-12,15H2,1H3,(H2,21,23). The molecule has 0 aliphatic carbocycles. The molecule has 0 amide bonds. The van der Waals surface area contributed by atoms with Crippen LogP contribution in [0.15, 0.2) is 64.9 Å². The second-order valence-corrected chi connectivity index (χ2v) is 9.10. The van der Waals surface area contributed by atoms with Crippen LogP contribution in [0.5, 0.6) is 0 Å². The summed E-state index contributed by atoms with van der Waals surface area (Å²) in [5.41, 5.74) is 8.53. The number of rotatable bonds is 4. The van der Waals surface area contributed by atoms with Gasteiger partial charge in [0.2, 0.25) is 10.0 Å². The Bertz CT molecular complexity index is 1030. The lowest BCUT2D eigenvalue weighted by Gasteiger charge is -2.31. The molecule has 9 heteroatoms. The van der Waals surface area contributed by atoms with Crippen LogP contribution in [0, 0.1) is 0 Å². The van der Waals surface area contributed by atoms with Crippen LogP contribution in [0.3, 0.4) is 0 Å². The quantitative estimate of drug-likeness (QED) is 0.811. The van der Waals surface area contributed by atoms with Crippen LogP contribution < -0.4 is 10.6 Å². The highest BCUT2D eigenvalue weighted by Gasteiger charge is 2.27. The van der Waals surface area contributed by atoms with Gasteiger partial charge in [0, 0.05) is 32.4 Å². The van der Waals surface area contributed by atoms with Crippen LogP contribution in [0.4, 0.5) is 5.69 Å². The lowest BCUT2D eigenvalue weighted by molar-refractivity contribution is 0.222. The third kappa shape index (κ3) is 4.02. The molecule has 2 aliphatic rings. The third-order valence-electron chi connectivity index (χ3n) is 5.17. The van der Waals surface area contributed by atoms with Gasteiger partial charge >= 0.3 is 0 Å². The van der Waals surface area contributed by atoms with Gasteiger partial charge in [-0.15, -0.1) is 0 Å². The first kappa shape index (κ1) is 19.6. The molecule has 1 saturated heterocycles. The Morgan fingerprint density at radius 2 is 1.76 bits per heavy atom. The number of piperazine rings is 1. The van der Waals surface area contributed by atoms with Crippen LogP contribution in [-0.4, -0.2) is 68.2 Å². The maximum Gasteiger partial charge on any atom is 0.243 e. The highest BCUT2D eigenvalue weighted by Crippen LogP contribution is 2.29. The minimum Gasteiger partial charge on any atom is -0.386 e. The van der Waals surface area contributed by atoms with E-state index in [9.17, 15) is 8.42 Å². The molecule has 0 atom stereocenters. The van der Waals surface area contributed by atoms with Crippen molar-refractivity contribution >= 4 is 27.2 Å². The van der Waals surface area contributed by atoms with Crippen LogP contribution in [-0.2, 0) is 10.0 Å². The van der Waals surface area contributed by atoms with Gasteiger partial charge in [-0.05, 0) is 36.9 Å². The zero-order chi connectivity index (χ0) is 20.4. The van der Waals surface area contributed by atoms with E-state index in [1.807, 2.05) is 36.2 Å². The molecular formula is C20H24N6O2S. The van der Waals surface area contributed by atoms with E-state index in [0.29, 0.717) is 30.4 Å². The molecule has 0 bridgehead atoms. The lowest BCUT2D eigenvalue weighted by Crippen LogP contribution is -2.47. The van der Waals surface area contributed by atoms with Crippen molar-refractivity contribution in [1.82, 2.24) is 14.2 Å². The topological polar surface area (TPSA) is 95.1 Å². The Morgan fingerprint density at radius 3 is 2.41 bits per heavy atom. The van der Waals surface area contributed by atoms with E-state index in [-0.39, 0.29) is 0 Å². The molecule has 2 aliphatic heterocycles. The molecule has 8 nitrogen and oxygen atoms in total. The molecule has 3 heterocycles. The van der Waals surface area contributed by atoms with E-state index in [1.54, 1.807) is 35.0 Å². The summed E-state index contributed by atoms with van der Waals surface area (Å²) in [5, 5.41) is 0. The van der Waals surface area contributed by atoms with Crippen LogP contribution in [0.25, 0.3) is 5.70 Å². The van der Waals surface area contributed by atoms with Gasteiger partial charge in [0.15, 0.2) is 0 Å². The second-order valence-electron chi connectivity index (χ2n) is 7.16. The first-order chi connectivity index (χ1) is 13.9. The largest absolute Gasteiger partial charge is 0.386 e. The Hall–Kier alpha value is -2.75. The Kier molecular flexibility index (Phi) is 5.35. The minimum absolute atomic E-state index is 0.304. The van der Waals surface area contributed by atoms with E-state index in [0.717, 1.165) is 30.0 Å². The fraction of sp³-hybridized carbons (Fsp3) is 0.300. The monoisotopic (exact) mass is 412 g/mol. The maximum absolute atomic E-state index is 12.9. The number of hydrogen-bond acceptors (Lipinski definition) is 7. The molecule has 2 aromatic rings. The summed E-state index contributed by atoms with van der Waals surface area (Å²) in [5.74, 6) is 0.506. The summed E-state index contributed by atoms with van der Waals surface area (Å²) in [6.45, 7) is 2.94. The van der Waals surface area contributed by atoms with Crippen molar-refractivity contribution in [1.29, 1.82) is 0 Å². The molecule has 0 spiro atoms. The summed E-state index contributed by atoms with van der Waals surface area (Å²) in [4.78, 5) is 12.9. The number of sulfonamides is 1. The smallest absolute Gasteiger partial charge is 0.243 e. The van der Waals surface area contributed by atoms with Gasteiger partial charge in [-0.2, -0.15) is 4.31 Å². The molecule has 4 rings (SSSR count). The number of aromatic nitrogens is 1. The minimum atomic E-state index is -3.49. The van der Waals surface area contributed by atoms with E-state index in [1.165, 1.54) is 0 Å². The second kappa shape index (κ2) is 7.94. The van der Waals surface area contributed by atoms with Crippen LogP contribution >= 0.6 is 0 Å². The van der Waals surface area contributed by atoms with Gasteiger partial charge in [-0.3, -0.25) is 4.98 Å². The molecule has 1 aromatic heterocycles. The number of amidine groups is 1. The number of hydrogen-bond donors (Lipinski definition) is 1. The van der Waals surface area contributed by atoms with Gasteiger partial charge < -0.3 is 15.5 Å². The van der Waals surface area contributed by atoms with Crippen molar-refractivity contribution in [2.75, 3.05) is 44.7 Å². The van der Waals surface area contributed by atoms with E-state index >= 15 is 0 Å². The van der Waals surface area contributed by atoms with Crippen molar-refractivity contribution in [2.24, 2.45) is 10.7 Å². The highest BCUT2D eigenvalue weighted by atomic mass is 32.2. The van der Waals surface area contributed by atoms with Crippen LogP contribution in [0.2, 0.25) is 0 Å². The predicted octanol–water partition coefficient (Wildman–Crippen LogP) is 1.19. The molecule has 152 valence electrons. The van der Waals surface area contributed by atoms with Gasteiger partial charge in [0.05, 0.1) is 35.2 Å². The molecule has 29 heavy (non-hydrogen) atoms. The van der Waals surface area contributed by atoms with E-state index in [4.69, 9.17) is 5.73 Å². The van der Waals surface area contributed by atoms with Crippen molar-refractivity contribution < 1.29 is 8.42 Å². The average molecular weight is 413 g/mol. The van der Waals surface area contributed by atoms with Gasteiger partial charge in [-0.1, -0.05) is 12.1 Å². The number of anilines is 1. The molecule has 1 fully saturated rings. The number of aliphatic imine (C=N–C) groups is 1. The number of benzene rings is 1. The summed E-state index contributed by atoms with van der Waals surface area (Å²) in [6, 6.07) is 10.8. The maximum atomic E-state index is 12.9. The van der Waals surface area contributed by atoms with Crippen LogP contribution in [0.1, 0.15) is 5.56 Å². The van der Waals surface area contributed by atoms with E-state index in [2.05, 4.69) is 14.9 Å². The number of pyridine rings is 1. The number of likely N-dealkylation sites (N-methyl/N-ethyl adjacent to an activating group) is 1. The van der Waals surface area contributed by atoms with Crippen molar-refractivity contribution in [3.8, 4) is 0 Å². The fourth-order valence-electron chi connectivity index (χ4n) is 3.45. The Labute approximate surface area is 171 Å². The Morgan fingerprint density at radius 1 is 1.03 bits per heavy atom. The molecule has 0 radical (unpaired) electrons. The molecular weight excluding hydrogens is 388 g/mol. The van der Waals surface area contributed by atoms with E-state index < -0.39 is 10.0 Å². The fourth-order valence-corrected chi connectivity index (χ4v) is 4.87. The number of nitrogens with two attached hydrogens (primary N) is 1. The molecule has 0 saturated carbocycles. The normalized spacial score (nSPS) is 19.0. The summed E-state index contributed by atoms with van der Waals surface area (Å²) >= 11 is 0. The average Bonchev–Trinajstić information content (AvgIpc) is 2.75. The SMILES string of the molecule is CN1CCN(S(=O)(=O)c2ccc(C3=CN=C(N)CN3c3cccnc3)cc2)CC1. The summed E-state index contributed by atoms with van der Waals surface area (Å²) in [7, 11) is -1.49. The van der Waals surface area contributed by atoms with Crippen molar-refractivity contribution in [3.63, 3.8) is 0 Å². The highest BCUT2D eigenvalue weighted by molar-refractivity contribution is 7.89. The molecule has 2 N–H and O–H groups in total. The van der Waals surface area contributed by atoms with Crippen molar-refractivity contribution in [3.05, 3.63) is 60.6 Å². The number of nitrogens with zero attached hydrogens (tertiary/aromatic N) is 5. The lowest BCUT2D eigenvalue weighted by atomic mass is 10.1. The van der Waals surface area contributed by atoms with Gasteiger partial charge in [-0.25, -0.2) is 13.4 Å². The first-order valence-electron chi connectivity index (χ1n) is 9.44. The summed E-state index contributed by atoms with van der Waals surface area (Å²) < 4.78 is 27.4. The zero-order valence-electron chi connectivity index (χ0n) is 16.3. The third-order valence-corrected chi connectivity index (χ3v) is 7.08. The predicted molar refractivity (Wildman–Crippen MR) is 114 cm³/mol. The molecule has 1 aromatic carbocycles. The first-order valence-corrected chi connectivity index (χ1v) is 10.9. The summed E-state index contributed by atoms with van der Waals surface area (Å²) in [6.07, 6.45) is 5.18. The molecule has 0 unspecified atom stereocenters. The van der Waals surface area contributed by atoms with Gasteiger partial charge in [0.25, 0.3) is 0 Å². The van der Waals surface area contributed by atoms with Crippen molar-refractivity contribution in [2.45, 2.75) is 4.90 Å². The van der Waals surface area contributed by atoms with Gasteiger partial charge in [0.1, 0.15) is 5.84 Å².